The van der Waals surface area contributed by atoms with E-state index in [-0.39, 0.29) is 63.3 Å². The van der Waals surface area contributed by atoms with Gasteiger partial charge >= 0.3 is 57.4 Å². The molecule has 0 spiro atoms. The molecule has 1 heterocycles. The Morgan fingerprint density at radius 2 is 1.33 bits per heavy atom. The number of carbonyl (C=O) groups excluding carboxylic acids is 3. The third-order valence-electron chi connectivity index (χ3n) is 2.00. The first-order chi connectivity index (χ1) is 6.11. The van der Waals surface area contributed by atoms with Crippen LogP contribution in [0.3, 0.4) is 0 Å². The molecule has 0 radical (unpaired) electrons. The Hall–Kier alpha value is 0.206. The molecule has 1 fully saturated rings. The molecule has 1 rings (SSSR count). The molecular formula is C8H13KN2O4. The van der Waals surface area contributed by atoms with Crippen LogP contribution in [0.25, 0.3) is 0 Å². The van der Waals surface area contributed by atoms with Gasteiger partial charge in [-0.3, -0.25) is 19.4 Å². The van der Waals surface area contributed by atoms with E-state index in [2.05, 4.69) is 0 Å². The van der Waals surface area contributed by atoms with Crippen LogP contribution >= 0.6 is 0 Å². The molecule has 1 aliphatic heterocycles. The van der Waals surface area contributed by atoms with E-state index in [4.69, 9.17) is 0 Å². The van der Waals surface area contributed by atoms with E-state index in [1.165, 1.54) is 0 Å². The Kier molecular flexibility index (Phi) is 8.77. The van der Waals surface area contributed by atoms with E-state index in [1.807, 2.05) is 0 Å². The van der Waals surface area contributed by atoms with Gasteiger partial charge in [-0.15, -0.1) is 0 Å². The van der Waals surface area contributed by atoms with E-state index in [0.29, 0.717) is 13.1 Å². The van der Waals surface area contributed by atoms with Crippen LogP contribution in [-0.4, -0.2) is 46.2 Å². The first-order valence-corrected chi connectivity index (χ1v) is 4.26. The molecule has 7 heteroatoms. The third kappa shape index (κ3) is 3.61. The number of nitrogens with zero attached hydrogens (tertiary/aromatic N) is 2. The van der Waals surface area contributed by atoms with Crippen LogP contribution in [0.15, 0.2) is 0 Å². The molecule has 0 saturated carbocycles. The molecule has 0 bridgehead atoms. The van der Waals surface area contributed by atoms with E-state index in [0.717, 1.165) is 9.80 Å². The topological polar surface area (TPSA) is 87.7 Å². The van der Waals surface area contributed by atoms with Gasteiger partial charge < -0.3 is 5.48 Å². The molecule has 4 amide bonds. The van der Waals surface area contributed by atoms with Crippen LogP contribution in [0.2, 0.25) is 0 Å². The summed E-state index contributed by atoms with van der Waals surface area (Å²) >= 11 is 0. The van der Waals surface area contributed by atoms with Crippen molar-refractivity contribution in [2.75, 3.05) is 13.1 Å². The normalized spacial score (nSPS) is 16.0. The van der Waals surface area contributed by atoms with Gasteiger partial charge in [-0.2, -0.15) is 0 Å². The van der Waals surface area contributed by atoms with Crippen LogP contribution in [0.5, 0.6) is 0 Å². The zero-order valence-electron chi connectivity index (χ0n) is 9.19. The van der Waals surface area contributed by atoms with Gasteiger partial charge in [0.15, 0.2) is 0 Å². The molecule has 1 aliphatic rings. The average Bonchev–Trinajstić information content (AvgIpc) is 2.04. The van der Waals surface area contributed by atoms with Crippen molar-refractivity contribution in [3.63, 3.8) is 0 Å². The molecule has 15 heavy (non-hydrogen) atoms. The maximum atomic E-state index is 11.4. The number of hydrogen-bond acceptors (Lipinski definition) is 4. The number of hydrogen-bond donors (Lipinski definition) is 0. The Bertz CT molecular complexity index is 245. The number of carbonyl (C=O) groups is 3. The van der Waals surface area contributed by atoms with Crippen molar-refractivity contribution in [1.82, 2.24) is 9.80 Å². The minimum Gasteiger partial charge on any atom is -0.870 e. The molecule has 0 aromatic rings. The fourth-order valence-electron chi connectivity index (χ4n) is 1.30. The van der Waals surface area contributed by atoms with Crippen molar-refractivity contribution in [3.8, 4) is 0 Å². The molecule has 0 aromatic carbocycles. The molecule has 1 saturated heterocycles. The third-order valence-corrected chi connectivity index (χ3v) is 2.00. The zero-order chi connectivity index (χ0) is 10.0. The predicted octanol–water partition coefficient (Wildman–Crippen LogP) is -2.97. The number of amides is 4. The standard InChI is InChI=1S/C8H12N2O3.K.H2O/c1-3-9-6(11)5-7(12)10(4-2)8(9)13;;/h3-5H2,1-2H3;;1H2/q;+1;/p-1. The van der Waals surface area contributed by atoms with Gasteiger partial charge in [-0.1, -0.05) is 0 Å². The number of rotatable bonds is 2. The number of barbiturate groups is 1. The summed E-state index contributed by atoms with van der Waals surface area (Å²) in [7, 11) is 0. The summed E-state index contributed by atoms with van der Waals surface area (Å²) in [6, 6.07) is -0.494. The van der Waals surface area contributed by atoms with Gasteiger partial charge in [-0.25, -0.2) is 4.79 Å². The van der Waals surface area contributed by atoms with Crippen molar-refractivity contribution < 1.29 is 71.2 Å². The van der Waals surface area contributed by atoms with Crippen LogP contribution < -0.4 is 51.4 Å². The quantitative estimate of drug-likeness (QED) is 0.381. The van der Waals surface area contributed by atoms with E-state index < -0.39 is 17.8 Å². The van der Waals surface area contributed by atoms with Crippen molar-refractivity contribution in [1.29, 1.82) is 0 Å². The van der Waals surface area contributed by atoms with Gasteiger partial charge in [0, 0.05) is 13.1 Å². The van der Waals surface area contributed by atoms with Crippen molar-refractivity contribution >= 4 is 17.8 Å². The Morgan fingerprint density at radius 1 is 1.00 bits per heavy atom. The van der Waals surface area contributed by atoms with Gasteiger partial charge in [0.05, 0.1) is 0 Å². The summed E-state index contributed by atoms with van der Waals surface area (Å²) in [5, 5.41) is 0. The molecule has 0 aliphatic carbocycles. The molecule has 0 unspecified atom stereocenters. The summed E-state index contributed by atoms with van der Waals surface area (Å²) in [6.45, 7) is 4.06. The molecule has 0 atom stereocenters. The van der Waals surface area contributed by atoms with Gasteiger partial charge in [0.1, 0.15) is 6.42 Å². The smallest absolute Gasteiger partial charge is 0.870 e. The minimum atomic E-state index is -0.494. The van der Waals surface area contributed by atoms with Crippen molar-refractivity contribution in [2.24, 2.45) is 0 Å². The summed E-state index contributed by atoms with van der Waals surface area (Å²) in [5.74, 6) is -0.801. The summed E-state index contributed by atoms with van der Waals surface area (Å²) < 4.78 is 0. The Labute approximate surface area is 131 Å². The van der Waals surface area contributed by atoms with Crippen molar-refractivity contribution in [3.05, 3.63) is 0 Å². The second-order valence-electron chi connectivity index (χ2n) is 2.74. The maximum Gasteiger partial charge on any atom is 1.00 e. The van der Waals surface area contributed by atoms with Crippen LogP contribution in [0.1, 0.15) is 20.3 Å². The maximum absolute atomic E-state index is 11.4. The first kappa shape index (κ1) is 17.6. The summed E-state index contributed by atoms with van der Waals surface area (Å²) in [6.07, 6.45) is -0.187. The van der Waals surface area contributed by atoms with Crippen LogP contribution in [-0.2, 0) is 9.59 Å². The molecule has 0 aromatic heterocycles. The minimum absolute atomic E-state index is 0. The average molecular weight is 240 g/mol. The Balaban J connectivity index is 0. The largest absolute Gasteiger partial charge is 1.00 e. The second kappa shape index (κ2) is 7.47. The second-order valence-corrected chi connectivity index (χ2v) is 2.74. The monoisotopic (exact) mass is 240 g/mol. The molecule has 1 N–H and O–H groups in total. The predicted molar refractivity (Wildman–Crippen MR) is 46.7 cm³/mol. The Morgan fingerprint density at radius 3 is 1.60 bits per heavy atom. The molecule has 80 valence electrons. The van der Waals surface area contributed by atoms with Crippen LogP contribution in [0, 0.1) is 0 Å². The van der Waals surface area contributed by atoms with Gasteiger partial charge in [-0.05, 0) is 13.8 Å². The van der Waals surface area contributed by atoms with Gasteiger partial charge in [0.2, 0.25) is 11.8 Å². The number of urea groups is 1. The zero-order valence-corrected chi connectivity index (χ0v) is 12.3. The van der Waals surface area contributed by atoms with Gasteiger partial charge in [0.25, 0.3) is 0 Å². The van der Waals surface area contributed by atoms with E-state index in [9.17, 15) is 14.4 Å². The fraction of sp³-hybridized carbons (Fsp3) is 0.625. The van der Waals surface area contributed by atoms with E-state index in [1.54, 1.807) is 13.8 Å². The number of imide groups is 2. The summed E-state index contributed by atoms with van der Waals surface area (Å²) in [5.41, 5.74) is 0. The molecule has 6 nitrogen and oxygen atoms in total. The summed E-state index contributed by atoms with van der Waals surface area (Å²) in [4.78, 5) is 35.9. The first-order valence-electron chi connectivity index (χ1n) is 4.26. The van der Waals surface area contributed by atoms with Crippen LogP contribution in [0.4, 0.5) is 4.79 Å². The molecular weight excluding hydrogens is 227 g/mol. The SMILES string of the molecule is CCN1C(=O)CC(=O)N(CC)C1=O.[K+].[OH-]. The fourth-order valence-corrected chi connectivity index (χ4v) is 1.30. The van der Waals surface area contributed by atoms with Crippen molar-refractivity contribution in [2.45, 2.75) is 20.3 Å². The van der Waals surface area contributed by atoms with E-state index >= 15 is 0 Å².